The molecular weight excluding hydrogens is 279 g/mol. The number of anilines is 1. The summed E-state index contributed by atoms with van der Waals surface area (Å²) in [5.74, 6) is 0. The number of fused-ring (bicyclic) bond motifs is 1. The van der Waals surface area contributed by atoms with Crippen LogP contribution in [0.25, 0.3) is 11.0 Å². The molecule has 0 aliphatic carbocycles. The Morgan fingerprint density at radius 3 is 2.71 bits per heavy atom. The molecule has 0 fully saturated rings. The number of alkyl halides is 3. The number of nitrogens with one attached hydrogen (secondary N) is 2. The largest absolute Gasteiger partial charge is 0.418 e. The van der Waals surface area contributed by atoms with Crippen LogP contribution < -0.4 is 5.32 Å². The minimum atomic E-state index is -4.37. The Morgan fingerprint density at radius 2 is 1.90 bits per heavy atom. The van der Waals surface area contributed by atoms with Gasteiger partial charge in [-0.1, -0.05) is 12.1 Å². The maximum absolute atomic E-state index is 12.9. The van der Waals surface area contributed by atoms with E-state index in [4.69, 9.17) is 0 Å². The highest BCUT2D eigenvalue weighted by Crippen LogP contribution is 2.34. The van der Waals surface area contributed by atoms with E-state index in [1.807, 2.05) is 6.07 Å². The first-order valence-electron chi connectivity index (χ1n) is 6.37. The van der Waals surface area contributed by atoms with Gasteiger partial charge in [0.25, 0.3) is 0 Å². The lowest BCUT2D eigenvalue weighted by Gasteiger charge is -2.14. The van der Waals surface area contributed by atoms with E-state index in [-0.39, 0.29) is 5.69 Å². The van der Waals surface area contributed by atoms with Crippen LogP contribution in [0.1, 0.15) is 11.1 Å². The van der Waals surface area contributed by atoms with Crippen molar-refractivity contribution >= 4 is 16.7 Å². The lowest BCUT2D eigenvalue weighted by molar-refractivity contribution is -0.136. The molecular formula is C15H12F3N3. The molecule has 0 aliphatic rings. The molecule has 0 aliphatic heterocycles. The quantitative estimate of drug-likeness (QED) is 0.759. The normalized spacial score (nSPS) is 11.8. The molecule has 21 heavy (non-hydrogen) atoms. The van der Waals surface area contributed by atoms with Gasteiger partial charge in [0.1, 0.15) is 5.65 Å². The zero-order valence-corrected chi connectivity index (χ0v) is 10.9. The summed E-state index contributed by atoms with van der Waals surface area (Å²) in [6.07, 6.45) is -0.957. The highest BCUT2D eigenvalue weighted by molar-refractivity contribution is 5.79. The highest BCUT2D eigenvalue weighted by atomic mass is 19.4. The molecule has 1 aromatic carbocycles. The van der Waals surface area contributed by atoms with Gasteiger partial charge in [-0.05, 0) is 29.8 Å². The van der Waals surface area contributed by atoms with E-state index in [0.717, 1.165) is 22.7 Å². The molecule has 3 rings (SSSR count). The Kier molecular flexibility index (Phi) is 3.29. The number of halogens is 3. The van der Waals surface area contributed by atoms with Crippen LogP contribution in [-0.4, -0.2) is 9.97 Å². The number of aromatic amines is 1. The van der Waals surface area contributed by atoms with Crippen molar-refractivity contribution in [2.45, 2.75) is 12.7 Å². The SMILES string of the molecule is FC(F)(F)c1ccccc1NCc1c[nH]c2ncccc12. The van der Waals surface area contributed by atoms with Gasteiger partial charge in [0.15, 0.2) is 0 Å². The molecule has 0 unspecified atom stereocenters. The van der Waals surface area contributed by atoms with Gasteiger partial charge in [-0.25, -0.2) is 4.98 Å². The number of pyridine rings is 1. The molecule has 3 nitrogen and oxygen atoms in total. The van der Waals surface area contributed by atoms with E-state index in [0.29, 0.717) is 6.54 Å². The fraction of sp³-hybridized carbons (Fsp3) is 0.133. The van der Waals surface area contributed by atoms with Crippen LogP contribution in [0, 0.1) is 0 Å². The average molecular weight is 291 g/mol. The average Bonchev–Trinajstić information content (AvgIpc) is 2.88. The predicted octanol–water partition coefficient (Wildman–Crippen LogP) is 4.19. The molecule has 0 saturated heterocycles. The maximum Gasteiger partial charge on any atom is 0.418 e. The van der Waals surface area contributed by atoms with Crippen LogP contribution in [-0.2, 0) is 12.7 Å². The summed E-state index contributed by atoms with van der Waals surface area (Å²) in [6, 6.07) is 9.13. The van der Waals surface area contributed by atoms with Gasteiger partial charge < -0.3 is 10.3 Å². The third kappa shape index (κ3) is 2.69. The van der Waals surface area contributed by atoms with Gasteiger partial charge in [0.2, 0.25) is 0 Å². The Balaban J connectivity index is 1.86. The smallest absolute Gasteiger partial charge is 0.380 e. The van der Waals surface area contributed by atoms with E-state index in [1.165, 1.54) is 12.1 Å². The zero-order valence-electron chi connectivity index (χ0n) is 10.9. The first kappa shape index (κ1) is 13.5. The number of rotatable bonds is 3. The molecule has 2 heterocycles. The van der Waals surface area contributed by atoms with Gasteiger partial charge in [-0.2, -0.15) is 13.2 Å². The van der Waals surface area contributed by atoms with Crippen LogP contribution >= 0.6 is 0 Å². The van der Waals surface area contributed by atoms with Gasteiger partial charge in [-0.15, -0.1) is 0 Å². The minimum Gasteiger partial charge on any atom is -0.380 e. The monoisotopic (exact) mass is 291 g/mol. The van der Waals surface area contributed by atoms with E-state index in [2.05, 4.69) is 15.3 Å². The minimum absolute atomic E-state index is 0.0724. The molecule has 108 valence electrons. The number of hydrogen-bond acceptors (Lipinski definition) is 2. The number of aromatic nitrogens is 2. The second-order valence-corrected chi connectivity index (χ2v) is 4.61. The van der Waals surface area contributed by atoms with Gasteiger partial charge in [0.05, 0.1) is 5.56 Å². The third-order valence-corrected chi connectivity index (χ3v) is 3.24. The van der Waals surface area contributed by atoms with Crippen molar-refractivity contribution in [1.29, 1.82) is 0 Å². The summed E-state index contributed by atoms with van der Waals surface area (Å²) in [5, 5.41) is 3.74. The first-order valence-corrected chi connectivity index (χ1v) is 6.37. The number of para-hydroxylation sites is 1. The van der Waals surface area contributed by atoms with Crippen molar-refractivity contribution in [3.05, 3.63) is 59.9 Å². The Hall–Kier alpha value is -2.50. The molecule has 0 spiro atoms. The standard InChI is InChI=1S/C15H12F3N3/c16-15(17,18)12-5-1-2-6-13(12)20-8-10-9-21-14-11(10)4-3-7-19-14/h1-7,9,20H,8H2,(H,19,21). The molecule has 6 heteroatoms. The fourth-order valence-corrected chi connectivity index (χ4v) is 2.23. The van der Waals surface area contributed by atoms with Crippen molar-refractivity contribution in [3.8, 4) is 0 Å². The Bertz CT molecular complexity index is 762. The summed E-state index contributed by atoms with van der Waals surface area (Å²) in [5.41, 5.74) is 1.000. The number of nitrogens with zero attached hydrogens (tertiary/aromatic N) is 1. The number of hydrogen-bond donors (Lipinski definition) is 2. The fourth-order valence-electron chi connectivity index (χ4n) is 2.23. The summed E-state index contributed by atoms with van der Waals surface area (Å²) in [4.78, 5) is 7.15. The van der Waals surface area contributed by atoms with Gasteiger partial charge >= 0.3 is 6.18 Å². The Morgan fingerprint density at radius 1 is 1.10 bits per heavy atom. The molecule has 0 radical (unpaired) electrons. The molecule has 0 saturated carbocycles. The third-order valence-electron chi connectivity index (χ3n) is 3.24. The molecule has 2 aromatic heterocycles. The van der Waals surface area contributed by atoms with Crippen LogP contribution in [0.2, 0.25) is 0 Å². The van der Waals surface area contributed by atoms with Crippen LogP contribution in [0.15, 0.2) is 48.8 Å². The van der Waals surface area contributed by atoms with Crippen LogP contribution in [0.3, 0.4) is 0 Å². The molecule has 0 atom stereocenters. The molecule has 2 N–H and O–H groups in total. The lowest BCUT2D eigenvalue weighted by Crippen LogP contribution is -2.10. The second kappa shape index (κ2) is 5.12. The number of benzene rings is 1. The van der Waals surface area contributed by atoms with Crippen molar-refractivity contribution in [2.24, 2.45) is 0 Å². The van der Waals surface area contributed by atoms with Crippen molar-refractivity contribution in [3.63, 3.8) is 0 Å². The summed E-state index contributed by atoms with van der Waals surface area (Å²) in [7, 11) is 0. The van der Waals surface area contributed by atoms with Crippen LogP contribution in [0.4, 0.5) is 18.9 Å². The maximum atomic E-state index is 12.9. The van der Waals surface area contributed by atoms with Gasteiger partial charge in [-0.3, -0.25) is 0 Å². The summed E-state index contributed by atoms with van der Waals surface area (Å²) >= 11 is 0. The van der Waals surface area contributed by atoms with Crippen molar-refractivity contribution < 1.29 is 13.2 Å². The summed E-state index contributed by atoms with van der Waals surface area (Å²) < 4.78 is 38.7. The topological polar surface area (TPSA) is 40.7 Å². The van der Waals surface area contributed by atoms with E-state index in [1.54, 1.807) is 24.5 Å². The molecule has 0 amide bonds. The molecule has 3 aromatic rings. The molecule has 0 bridgehead atoms. The second-order valence-electron chi connectivity index (χ2n) is 4.61. The Labute approximate surface area is 118 Å². The highest BCUT2D eigenvalue weighted by Gasteiger charge is 2.33. The summed E-state index contributed by atoms with van der Waals surface area (Å²) in [6.45, 7) is 0.290. The van der Waals surface area contributed by atoms with E-state index < -0.39 is 11.7 Å². The predicted molar refractivity (Wildman–Crippen MR) is 74.9 cm³/mol. The lowest BCUT2D eigenvalue weighted by atomic mass is 10.1. The van der Waals surface area contributed by atoms with Crippen molar-refractivity contribution in [2.75, 3.05) is 5.32 Å². The van der Waals surface area contributed by atoms with E-state index >= 15 is 0 Å². The first-order chi connectivity index (χ1) is 10.1. The van der Waals surface area contributed by atoms with Gasteiger partial charge in [0, 0.05) is 30.0 Å². The number of H-pyrrole nitrogens is 1. The van der Waals surface area contributed by atoms with E-state index in [9.17, 15) is 13.2 Å². The van der Waals surface area contributed by atoms with Crippen LogP contribution in [0.5, 0.6) is 0 Å². The zero-order chi connectivity index (χ0) is 14.9. The van der Waals surface area contributed by atoms with Crippen molar-refractivity contribution in [1.82, 2.24) is 9.97 Å².